The Morgan fingerprint density at radius 1 is 1.44 bits per heavy atom. The van der Waals surface area contributed by atoms with Gasteiger partial charge in [0.2, 0.25) is 0 Å². The lowest BCUT2D eigenvalue weighted by Crippen LogP contribution is -2.34. The van der Waals surface area contributed by atoms with Crippen LogP contribution in [-0.2, 0) is 0 Å². The molecule has 100 valence electrons. The summed E-state index contributed by atoms with van der Waals surface area (Å²) in [6, 6.07) is 4.93. The molecule has 2 unspecified atom stereocenters. The van der Waals surface area contributed by atoms with Crippen LogP contribution in [0.2, 0.25) is 5.02 Å². The molecule has 1 aromatic carbocycles. The molecule has 18 heavy (non-hydrogen) atoms. The van der Waals surface area contributed by atoms with Crippen LogP contribution < -0.4 is 10.1 Å². The first-order valence-electron chi connectivity index (χ1n) is 5.72. The predicted molar refractivity (Wildman–Crippen MR) is 74.9 cm³/mol. The minimum atomic E-state index is -0.187. The minimum absolute atomic E-state index is 0.00499. The lowest BCUT2D eigenvalue weighted by molar-refractivity contribution is 0.0935. The van der Waals surface area contributed by atoms with Crippen LogP contribution in [0.4, 0.5) is 0 Å². The van der Waals surface area contributed by atoms with Crippen molar-refractivity contribution in [1.82, 2.24) is 5.32 Å². The van der Waals surface area contributed by atoms with Gasteiger partial charge in [-0.25, -0.2) is 0 Å². The largest absolute Gasteiger partial charge is 0.496 e. The maximum absolute atomic E-state index is 12.1. The molecule has 1 N–H and O–H groups in total. The predicted octanol–water partition coefficient (Wildman–Crippen LogP) is 3.48. The van der Waals surface area contributed by atoms with Gasteiger partial charge in [0.05, 0.1) is 12.7 Å². The molecule has 0 saturated carbocycles. The average Bonchev–Trinajstić information content (AvgIpc) is 2.27. The molecule has 5 heteroatoms. The highest BCUT2D eigenvalue weighted by Crippen LogP contribution is 2.23. The van der Waals surface area contributed by atoms with Crippen molar-refractivity contribution in [2.24, 2.45) is 0 Å². The zero-order valence-electron chi connectivity index (χ0n) is 10.7. The summed E-state index contributed by atoms with van der Waals surface area (Å²) in [5.74, 6) is 0.277. The van der Waals surface area contributed by atoms with Crippen molar-refractivity contribution in [1.29, 1.82) is 0 Å². The summed E-state index contributed by atoms with van der Waals surface area (Å²) in [6.45, 7) is 3.81. The van der Waals surface area contributed by atoms with Crippen LogP contribution in [0.5, 0.6) is 5.75 Å². The van der Waals surface area contributed by atoms with Gasteiger partial charge in [0.1, 0.15) is 5.75 Å². The van der Waals surface area contributed by atoms with E-state index >= 15 is 0 Å². The van der Waals surface area contributed by atoms with E-state index in [1.165, 1.54) is 7.11 Å². The van der Waals surface area contributed by atoms with E-state index in [1.54, 1.807) is 18.2 Å². The first kappa shape index (κ1) is 15.1. The van der Waals surface area contributed by atoms with Crippen molar-refractivity contribution in [3.63, 3.8) is 0 Å². The van der Waals surface area contributed by atoms with Gasteiger partial charge in [-0.15, -0.1) is 11.6 Å². The fraction of sp³-hybridized carbons (Fsp3) is 0.462. The second kappa shape index (κ2) is 6.86. The number of carbonyl (C=O) groups is 1. The molecule has 0 bridgehead atoms. The number of amides is 1. The maximum Gasteiger partial charge on any atom is 0.255 e. The number of methoxy groups -OCH3 is 1. The monoisotopic (exact) mass is 289 g/mol. The van der Waals surface area contributed by atoms with Gasteiger partial charge in [0.15, 0.2) is 0 Å². The number of halogens is 2. The van der Waals surface area contributed by atoms with Gasteiger partial charge >= 0.3 is 0 Å². The SMILES string of the molecule is COc1cc(Cl)ccc1C(=O)NC(C)CC(C)Cl. The molecule has 2 atom stereocenters. The molecule has 1 amide bonds. The molecule has 0 aliphatic carbocycles. The second-order valence-corrected chi connectivity index (χ2v) is 5.42. The highest BCUT2D eigenvalue weighted by Gasteiger charge is 2.15. The van der Waals surface area contributed by atoms with Crippen molar-refractivity contribution < 1.29 is 9.53 Å². The van der Waals surface area contributed by atoms with Crippen LogP contribution in [0.3, 0.4) is 0 Å². The Labute approximate surface area is 117 Å². The van der Waals surface area contributed by atoms with Crippen molar-refractivity contribution >= 4 is 29.1 Å². The standard InChI is InChI=1S/C13H17Cl2NO2/c1-8(14)6-9(2)16-13(17)11-5-4-10(15)7-12(11)18-3/h4-5,7-9H,6H2,1-3H3,(H,16,17). The second-order valence-electron chi connectivity index (χ2n) is 4.24. The van der Waals surface area contributed by atoms with Crippen molar-refractivity contribution in [2.45, 2.75) is 31.7 Å². The number of alkyl halides is 1. The van der Waals surface area contributed by atoms with Gasteiger partial charge in [-0.3, -0.25) is 4.79 Å². The topological polar surface area (TPSA) is 38.3 Å². The van der Waals surface area contributed by atoms with E-state index in [4.69, 9.17) is 27.9 Å². The summed E-state index contributed by atoms with van der Waals surface area (Å²) in [6.07, 6.45) is 0.712. The van der Waals surface area contributed by atoms with Crippen molar-refractivity contribution in [2.75, 3.05) is 7.11 Å². The number of carbonyl (C=O) groups excluding carboxylic acids is 1. The summed E-state index contributed by atoms with van der Waals surface area (Å²) < 4.78 is 5.14. The molecular weight excluding hydrogens is 273 g/mol. The Kier molecular flexibility index (Phi) is 5.76. The first-order valence-corrected chi connectivity index (χ1v) is 6.54. The van der Waals surface area contributed by atoms with Gasteiger partial charge in [-0.2, -0.15) is 0 Å². The normalized spacial score (nSPS) is 13.8. The fourth-order valence-corrected chi connectivity index (χ4v) is 2.13. The molecule has 0 heterocycles. The summed E-state index contributed by atoms with van der Waals surface area (Å²) in [7, 11) is 1.51. The average molecular weight is 290 g/mol. The van der Waals surface area contributed by atoms with Crippen LogP contribution in [0.15, 0.2) is 18.2 Å². The smallest absolute Gasteiger partial charge is 0.255 e. The Hall–Kier alpha value is -0.930. The number of hydrogen-bond donors (Lipinski definition) is 1. The van der Waals surface area contributed by atoms with E-state index in [9.17, 15) is 4.79 Å². The van der Waals surface area contributed by atoms with Crippen LogP contribution in [0, 0.1) is 0 Å². The molecule has 0 aliphatic heterocycles. The lowest BCUT2D eigenvalue weighted by Gasteiger charge is -2.16. The lowest BCUT2D eigenvalue weighted by atomic mass is 10.1. The van der Waals surface area contributed by atoms with Crippen LogP contribution in [0.1, 0.15) is 30.6 Å². The Morgan fingerprint density at radius 3 is 2.67 bits per heavy atom. The van der Waals surface area contributed by atoms with E-state index in [0.29, 0.717) is 22.8 Å². The number of ether oxygens (including phenoxy) is 1. The third kappa shape index (κ3) is 4.39. The maximum atomic E-state index is 12.1. The number of rotatable bonds is 5. The van der Waals surface area contributed by atoms with Gasteiger partial charge in [-0.05, 0) is 38.5 Å². The molecule has 1 aromatic rings. The summed E-state index contributed by atoms with van der Waals surface area (Å²) in [5, 5.41) is 3.43. The number of benzene rings is 1. The molecule has 0 fully saturated rings. The van der Waals surface area contributed by atoms with Gasteiger partial charge in [0, 0.05) is 16.4 Å². The molecule has 0 aromatic heterocycles. The van der Waals surface area contributed by atoms with Crippen LogP contribution in [0.25, 0.3) is 0 Å². The minimum Gasteiger partial charge on any atom is -0.496 e. The van der Waals surface area contributed by atoms with Crippen LogP contribution in [-0.4, -0.2) is 24.4 Å². The van der Waals surface area contributed by atoms with E-state index < -0.39 is 0 Å². The summed E-state index contributed by atoms with van der Waals surface area (Å²) in [5.41, 5.74) is 0.468. The molecule has 0 aliphatic rings. The van der Waals surface area contributed by atoms with Gasteiger partial charge < -0.3 is 10.1 Å². The Morgan fingerprint density at radius 2 is 2.11 bits per heavy atom. The van der Waals surface area contributed by atoms with Crippen molar-refractivity contribution in [3.8, 4) is 5.75 Å². The van der Waals surface area contributed by atoms with Gasteiger partial charge in [-0.1, -0.05) is 11.6 Å². The summed E-state index contributed by atoms with van der Waals surface area (Å²) in [4.78, 5) is 12.1. The molecule has 3 nitrogen and oxygen atoms in total. The van der Waals surface area contributed by atoms with Crippen LogP contribution >= 0.6 is 23.2 Å². The highest BCUT2D eigenvalue weighted by molar-refractivity contribution is 6.30. The Bertz CT molecular complexity index is 421. The number of hydrogen-bond acceptors (Lipinski definition) is 2. The van der Waals surface area contributed by atoms with E-state index in [2.05, 4.69) is 5.32 Å². The number of nitrogens with one attached hydrogen (secondary N) is 1. The Balaban J connectivity index is 2.78. The third-order valence-corrected chi connectivity index (χ3v) is 2.88. The fourth-order valence-electron chi connectivity index (χ4n) is 1.70. The van der Waals surface area contributed by atoms with Gasteiger partial charge in [0.25, 0.3) is 5.91 Å². The molecule has 0 spiro atoms. The highest BCUT2D eigenvalue weighted by atomic mass is 35.5. The molecule has 1 rings (SSSR count). The van der Waals surface area contributed by atoms with E-state index in [0.717, 1.165) is 0 Å². The zero-order chi connectivity index (χ0) is 13.7. The zero-order valence-corrected chi connectivity index (χ0v) is 12.2. The third-order valence-electron chi connectivity index (χ3n) is 2.46. The first-order chi connectivity index (χ1) is 8.43. The molecule has 0 saturated heterocycles. The van der Waals surface area contributed by atoms with E-state index in [1.807, 2.05) is 13.8 Å². The van der Waals surface area contributed by atoms with E-state index in [-0.39, 0.29) is 17.3 Å². The molecular formula is C13H17Cl2NO2. The summed E-state index contributed by atoms with van der Waals surface area (Å²) >= 11 is 11.7. The van der Waals surface area contributed by atoms with Crippen molar-refractivity contribution in [3.05, 3.63) is 28.8 Å². The molecule has 0 radical (unpaired) electrons. The quantitative estimate of drug-likeness (QED) is 0.843.